The highest BCUT2D eigenvalue weighted by Gasteiger charge is 2.12. The van der Waals surface area contributed by atoms with Crippen molar-refractivity contribution in [3.8, 4) is 0 Å². The molecule has 0 aromatic heterocycles. The average Bonchev–Trinajstić information content (AvgIpc) is 2.39. The minimum absolute atomic E-state index is 0.142. The van der Waals surface area contributed by atoms with Crippen LogP contribution in [0.3, 0.4) is 0 Å². The summed E-state index contributed by atoms with van der Waals surface area (Å²) in [5, 5.41) is 0.436. The first-order valence-corrected chi connectivity index (χ1v) is 6.30. The summed E-state index contributed by atoms with van der Waals surface area (Å²) in [4.78, 5) is 11.7. The average molecular weight is 308 g/mol. The largest absolute Gasteiger partial charge is 0.460 e. The third kappa shape index (κ3) is 5.24. The maximum absolute atomic E-state index is 11.7. The van der Waals surface area contributed by atoms with Gasteiger partial charge in [-0.25, -0.2) is 4.79 Å². The standard InChI is InChI=1S/C12H15Cl2NO4/c1-17-2-3-18-4-5-19-12(16)8-6-9(13)11(14)10(15)7-8/h6-7H,2-5,15H2,1H3. The van der Waals surface area contributed by atoms with Crippen molar-refractivity contribution in [3.63, 3.8) is 0 Å². The summed E-state index contributed by atoms with van der Waals surface area (Å²) in [7, 11) is 1.58. The Labute approximate surface area is 121 Å². The molecular formula is C12H15Cl2NO4. The third-order valence-corrected chi connectivity index (χ3v) is 3.00. The molecule has 0 atom stereocenters. The van der Waals surface area contributed by atoms with E-state index in [-0.39, 0.29) is 27.9 Å². The van der Waals surface area contributed by atoms with Crippen molar-refractivity contribution in [3.05, 3.63) is 27.7 Å². The summed E-state index contributed by atoms with van der Waals surface area (Å²) in [6.07, 6.45) is 0. The van der Waals surface area contributed by atoms with Crippen molar-refractivity contribution in [2.45, 2.75) is 0 Å². The topological polar surface area (TPSA) is 70.8 Å². The Morgan fingerprint density at radius 3 is 2.53 bits per heavy atom. The van der Waals surface area contributed by atoms with E-state index < -0.39 is 5.97 Å². The van der Waals surface area contributed by atoms with Crippen LogP contribution in [0.2, 0.25) is 10.0 Å². The van der Waals surface area contributed by atoms with Gasteiger partial charge < -0.3 is 19.9 Å². The molecule has 0 aliphatic carbocycles. The maximum atomic E-state index is 11.7. The zero-order chi connectivity index (χ0) is 14.3. The molecule has 5 nitrogen and oxygen atoms in total. The first-order chi connectivity index (χ1) is 9.06. The van der Waals surface area contributed by atoms with Gasteiger partial charge in [0.1, 0.15) is 6.61 Å². The molecule has 0 bridgehead atoms. The molecule has 1 aromatic carbocycles. The van der Waals surface area contributed by atoms with E-state index in [1.54, 1.807) is 7.11 Å². The Morgan fingerprint density at radius 2 is 1.89 bits per heavy atom. The lowest BCUT2D eigenvalue weighted by molar-refractivity contribution is 0.0214. The molecule has 1 rings (SSSR count). The zero-order valence-corrected chi connectivity index (χ0v) is 12.0. The number of esters is 1. The third-order valence-electron chi connectivity index (χ3n) is 2.18. The van der Waals surface area contributed by atoms with Crippen LogP contribution in [-0.2, 0) is 14.2 Å². The molecule has 0 radical (unpaired) electrons. The normalized spacial score (nSPS) is 10.5. The highest BCUT2D eigenvalue weighted by Crippen LogP contribution is 2.29. The van der Waals surface area contributed by atoms with Crippen LogP contribution in [0.5, 0.6) is 0 Å². The fourth-order valence-electron chi connectivity index (χ4n) is 1.25. The zero-order valence-electron chi connectivity index (χ0n) is 10.4. The maximum Gasteiger partial charge on any atom is 0.338 e. The summed E-state index contributed by atoms with van der Waals surface area (Å²) in [5.74, 6) is -0.527. The monoisotopic (exact) mass is 307 g/mol. The summed E-state index contributed by atoms with van der Waals surface area (Å²) in [6, 6.07) is 2.83. The number of ether oxygens (including phenoxy) is 3. The highest BCUT2D eigenvalue weighted by molar-refractivity contribution is 6.43. The molecule has 2 N–H and O–H groups in total. The first-order valence-electron chi connectivity index (χ1n) is 5.54. The first kappa shape index (κ1) is 16.0. The second-order valence-corrected chi connectivity index (χ2v) is 4.39. The van der Waals surface area contributed by atoms with Gasteiger partial charge in [0.15, 0.2) is 0 Å². The summed E-state index contributed by atoms with van der Waals surface area (Å²) in [5.41, 5.74) is 6.09. The lowest BCUT2D eigenvalue weighted by Gasteiger charge is -2.08. The lowest BCUT2D eigenvalue weighted by Crippen LogP contribution is -2.13. The Balaban J connectivity index is 2.42. The van der Waals surface area contributed by atoms with E-state index in [0.29, 0.717) is 19.8 Å². The fourth-order valence-corrected chi connectivity index (χ4v) is 1.58. The number of halogens is 2. The number of methoxy groups -OCH3 is 1. The molecule has 19 heavy (non-hydrogen) atoms. The van der Waals surface area contributed by atoms with Gasteiger partial charge in [0.2, 0.25) is 0 Å². The Morgan fingerprint density at radius 1 is 1.21 bits per heavy atom. The van der Waals surface area contributed by atoms with Crippen LogP contribution < -0.4 is 5.73 Å². The number of nitrogens with two attached hydrogens (primary N) is 1. The van der Waals surface area contributed by atoms with Crippen LogP contribution in [-0.4, -0.2) is 39.5 Å². The van der Waals surface area contributed by atoms with Crippen molar-refractivity contribution in [2.24, 2.45) is 0 Å². The van der Waals surface area contributed by atoms with E-state index in [2.05, 4.69) is 0 Å². The number of carbonyl (C=O) groups is 1. The van der Waals surface area contributed by atoms with Crippen LogP contribution in [0.15, 0.2) is 12.1 Å². The van der Waals surface area contributed by atoms with Crippen LogP contribution in [0.25, 0.3) is 0 Å². The van der Waals surface area contributed by atoms with Gasteiger partial charge in [-0.2, -0.15) is 0 Å². The molecule has 1 aromatic rings. The molecule has 0 saturated carbocycles. The van der Waals surface area contributed by atoms with E-state index in [0.717, 1.165) is 0 Å². The fraction of sp³-hybridized carbons (Fsp3) is 0.417. The van der Waals surface area contributed by atoms with E-state index in [9.17, 15) is 4.79 Å². The van der Waals surface area contributed by atoms with E-state index >= 15 is 0 Å². The summed E-state index contributed by atoms with van der Waals surface area (Å²) in [6.45, 7) is 1.39. The van der Waals surface area contributed by atoms with E-state index in [4.69, 9.17) is 43.1 Å². The van der Waals surface area contributed by atoms with E-state index in [1.807, 2.05) is 0 Å². The van der Waals surface area contributed by atoms with Crippen LogP contribution in [0.4, 0.5) is 5.69 Å². The second kappa shape index (κ2) is 8.22. The summed E-state index contributed by atoms with van der Waals surface area (Å²) < 4.78 is 15.0. The van der Waals surface area contributed by atoms with Crippen molar-refractivity contribution < 1.29 is 19.0 Å². The molecule has 0 fully saturated rings. The van der Waals surface area contributed by atoms with Crippen molar-refractivity contribution in [1.82, 2.24) is 0 Å². The minimum atomic E-state index is -0.527. The molecule has 0 saturated heterocycles. The van der Waals surface area contributed by atoms with Crippen LogP contribution in [0.1, 0.15) is 10.4 Å². The number of hydrogen-bond donors (Lipinski definition) is 1. The van der Waals surface area contributed by atoms with Crippen molar-refractivity contribution in [2.75, 3.05) is 39.3 Å². The van der Waals surface area contributed by atoms with Gasteiger partial charge in [0.05, 0.1) is 41.1 Å². The van der Waals surface area contributed by atoms with E-state index in [1.165, 1.54) is 12.1 Å². The van der Waals surface area contributed by atoms with Crippen molar-refractivity contribution in [1.29, 1.82) is 0 Å². The number of nitrogen functional groups attached to an aromatic ring is 1. The number of rotatable bonds is 7. The van der Waals surface area contributed by atoms with Gasteiger partial charge in [-0.05, 0) is 12.1 Å². The molecule has 0 heterocycles. The quantitative estimate of drug-likeness (QED) is 0.476. The second-order valence-electron chi connectivity index (χ2n) is 3.60. The summed E-state index contributed by atoms with van der Waals surface area (Å²) >= 11 is 11.6. The number of hydrogen-bond acceptors (Lipinski definition) is 5. The predicted molar refractivity (Wildman–Crippen MR) is 73.9 cm³/mol. The smallest absolute Gasteiger partial charge is 0.338 e. The van der Waals surface area contributed by atoms with Gasteiger partial charge in [-0.3, -0.25) is 0 Å². The SMILES string of the molecule is COCCOCCOC(=O)c1cc(N)c(Cl)c(Cl)c1. The minimum Gasteiger partial charge on any atom is -0.460 e. The van der Waals surface area contributed by atoms with Gasteiger partial charge in [-0.15, -0.1) is 0 Å². The molecule has 106 valence electrons. The number of benzene rings is 1. The Hall–Kier alpha value is -1.01. The number of carbonyl (C=O) groups excluding carboxylic acids is 1. The highest BCUT2D eigenvalue weighted by atomic mass is 35.5. The molecule has 0 spiro atoms. The molecule has 7 heteroatoms. The molecular weight excluding hydrogens is 293 g/mol. The molecule has 0 unspecified atom stereocenters. The number of anilines is 1. The van der Waals surface area contributed by atoms with Crippen LogP contribution in [0, 0.1) is 0 Å². The Bertz CT molecular complexity index is 417. The molecule has 0 aliphatic heterocycles. The van der Waals surface area contributed by atoms with Gasteiger partial charge in [-0.1, -0.05) is 23.2 Å². The Kier molecular flexibility index (Phi) is 6.94. The van der Waals surface area contributed by atoms with Gasteiger partial charge in [0, 0.05) is 7.11 Å². The van der Waals surface area contributed by atoms with Crippen LogP contribution >= 0.6 is 23.2 Å². The molecule has 0 amide bonds. The van der Waals surface area contributed by atoms with Gasteiger partial charge >= 0.3 is 5.97 Å². The molecule has 0 aliphatic rings. The predicted octanol–water partition coefficient (Wildman–Crippen LogP) is 2.40. The lowest BCUT2D eigenvalue weighted by atomic mass is 10.2. The van der Waals surface area contributed by atoms with Crippen molar-refractivity contribution >= 4 is 34.9 Å². The van der Waals surface area contributed by atoms with Gasteiger partial charge in [0.25, 0.3) is 0 Å².